The van der Waals surface area contributed by atoms with E-state index in [1.165, 1.54) is 4.57 Å². The van der Waals surface area contributed by atoms with Crippen LogP contribution in [0.2, 0.25) is 0 Å². The monoisotopic (exact) mass is 264 g/mol. The first kappa shape index (κ1) is 13.7. The molecule has 0 radical (unpaired) electrons. The average Bonchev–Trinajstić information content (AvgIpc) is 2.65. The van der Waals surface area contributed by atoms with Gasteiger partial charge in [-0.1, -0.05) is 13.8 Å². The van der Waals surface area contributed by atoms with Gasteiger partial charge in [0.25, 0.3) is 0 Å². The van der Waals surface area contributed by atoms with Crippen molar-refractivity contribution in [3.8, 4) is 0 Å². The van der Waals surface area contributed by atoms with Crippen LogP contribution in [0.5, 0.6) is 0 Å². The molecule has 0 amide bonds. The summed E-state index contributed by atoms with van der Waals surface area (Å²) < 4.78 is 6.59. The number of rotatable bonds is 4. The number of likely N-dealkylation sites (N-methyl/N-ethyl adjacent to an activating group) is 1. The summed E-state index contributed by atoms with van der Waals surface area (Å²) in [5.41, 5.74) is 2.29. The lowest BCUT2D eigenvalue weighted by Crippen LogP contribution is -2.38. The number of anilines is 1. The number of nitrogens with zero attached hydrogens (tertiary/aromatic N) is 2. The highest BCUT2D eigenvalue weighted by Crippen LogP contribution is 2.23. The molecule has 1 atom stereocenters. The predicted molar refractivity (Wildman–Crippen MR) is 75.6 cm³/mol. The molecule has 1 aromatic carbocycles. The van der Waals surface area contributed by atoms with Crippen molar-refractivity contribution in [3.05, 3.63) is 28.7 Å². The molecule has 1 N–H and O–H groups in total. The maximum absolute atomic E-state index is 11.5. The van der Waals surface area contributed by atoms with Gasteiger partial charge in [-0.3, -0.25) is 4.57 Å². The van der Waals surface area contributed by atoms with Gasteiger partial charge in [0.2, 0.25) is 0 Å². The summed E-state index contributed by atoms with van der Waals surface area (Å²) in [7, 11) is 3.63. The zero-order valence-electron chi connectivity index (χ0n) is 11.8. The van der Waals surface area contributed by atoms with Crippen LogP contribution >= 0.6 is 0 Å². The van der Waals surface area contributed by atoms with Gasteiger partial charge >= 0.3 is 5.76 Å². The fourth-order valence-electron chi connectivity index (χ4n) is 2.31. The molecule has 104 valence electrons. The van der Waals surface area contributed by atoms with Gasteiger partial charge in [-0.05, 0) is 24.1 Å². The van der Waals surface area contributed by atoms with Crippen molar-refractivity contribution in [2.75, 3.05) is 18.6 Å². The second-order valence-corrected chi connectivity index (χ2v) is 5.18. The maximum Gasteiger partial charge on any atom is 0.419 e. The SMILES string of the molecule is CC(C)C(CO)N(C)c1ccc2oc(=O)n(C)c2c1. The molecule has 1 heterocycles. The maximum atomic E-state index is 11.5. The summed E-state index contributed by atoms with van der Waals surface area (Å²) in [5.74, 6) is -0.0313. The van der Waals surface area contributed by atoms with Crippen LogP contribution in [0.3, 0.4) is 0 Å². The molecule has 0 saturated carbocycles. The normalized spacial score (nSPS) is 13.2. The number of hydrogen-bond donors (Lipinski definition) is 1. The van der Waals surface area contributed by atoms with Gasteiger partial charge in [-0.25, -0.2) is 4.79 Å². The van der Waals surface area contributed by atoms with Crippen molar-refractivity contribution in [2.24, 2.45) is 13.0 Å². The van der Waals surface area contributed by atoms with E-state index in [2.05, 4.69) is 13.8 Å². The molecule has 19 heavy (non-hydrogen) atoms. The van der Waals surface area contributed by atoms with Gasteiger partial charge < -0.3 is 14.4 Å². The Morgan fingerprint density at radius 1 is 1.42 bits per heavy atom. The smallest absolute Gasteiger partial charge is 0.408 e. The van der Waals surface area contributed by atoms with E-state index in [1.807, 2.05) is 24.1 Å². The van der Waals surface area contributed by atoms with E-state index in [9.17, 15) is 9.90 Å². The molecule has 5 heteroatoms. The highest BCUT2D eigenvalue weighted by atomic mass is 16.4. The van der Waals surface area contributed by atoms with Gasteiger partial charge in [-0.2, -0.15) is 0 Å². The van der Waals surface area contributed by atoms with E-state index in [0.29, 0.717) is 11.5 Å². The van der Waals surface area contributed by atoms with E-state index < -0.39 is 0 Å². The van der Waals surface area contributed by atoms with Crippen LogP contribution < -0.4 is 10.7 Å². The molecular formula is C14H20N2O3. The minimum absolute atomic E-state index is 0.0429. The van der Waals surface area contributed by atoms with Gasteiger partial charge in [0.05, 0.1) is 18.2 Å². The number of benzene rings is 1. The molecule has 0 aliphatic rings. The molecule has 1 aromatic heterocycles. The molecule has 2 rings (SSSR count). The topological polar surface area (TPSA) is 58.6 Å². The Kier molecular flexibility index (Phi) is 3.66. The molecule has 2 aromatic rings. The van der Waals surface area contributed by atoms with Crippen molar-refractivity contribution >= 4 is 16.8 Å². The lowest BCUT2D eigenvalue weighted by Gasteiger charge is -2.31. The second kappa shape index (κ2) is 5.09. The third kappa shape index (κ3) is 2.38. The first-order chi connectivity index (χ1) is 8.95. The third-order valence-electron chi connectivity index (χ3n) is 3.64. The van der Waals surface area contributed by atoms with Crippen molar-refractivity contribution in [1.82, 2.24) is 4.57 Å². The Balaban J connectivity index is 2.45. The second-order valence-electron chi connectivity index (χ2n) is 5.18. The van der Waals surface area contributed by atoms with Gasteiger partial charge in [-0.15, -0.1) is 0 Å². The van der Waals surface area contributed by atoms with E-state index in [1.54, 1.807) is 13.1 Å². The Bertz CT molecular complexity index is 627. The van der Waals surface area contributed by atoms with Crippen molar-refractivity contribution in [2.45, 2.75) is 19.9 Å². The summed E-state index contributed by atoms with van der Waals surface area (Å²) in [5, 5.41) is 9.48. The number of oxazole rings is 1. The lowest BCUT2D eigenvalue weighted by atomic mass is 10.0. The molecular weight excluding hydrogens is 244 g/mol. The highest BCUT2D eigenvalue weighted by molar-refractivity contribution is 5.78. The summed E-state index contributed by atoms with van der Waals surface area (Å²) in [6, 6.07) is 5.64. The van der Waals surface area contributed by atoms with Gasteiger partial charge in [0, 0.05) is 19.8 Å². The highest BCUT2D eigenvalue weighted by Gasteiger charge is 2.19. The summed E-state index contributed by atoms with van der Waals surface area (Å²) in [6.07, 6.45) is 0. The molecule has 0 fully saturated rings. The number of aromatic nitrogens is 1. The fraction of sp³-hybridized carbons (Fsp3) is 0.500. The van der Waals surface area contributed by atoms with E-state index >= 15 is 0 Å². The minimum atomic E-state index is -0.364. The van der Waals surface area contributed by atoms with Crippen LogP contribution in [0, 0.1) is 5.92 Å². The number of aliphatic hydroxyl groups is 1. The number of aryl methyl sites for hydroxylation is 1. The van der Waals surface area contributed by atoms with Crippen molar-refractivity contribution < 1.29 is 9.52 Å². The summed E-state index contributed by atoms with van der Waals surface area (Å²) in [6.45, 7) is 4.24. The molecule has 5 nitrogen and oxygen atoms in total. The van der Waals surface area contributed by atoms with Crippen molar-refractivity contribution in [1.29, 1.82) is 0 Å². The molecule has 0 saturated heterocycles. The zero-order valence-corrected chi connectivity index (χ0v) is 11.8. The lowest BCUT2D eigenvalue weighted by molar-refractivity contribution is 0.234. The van der Waals surface area contributed by atoms with E-state index in [4.69, 9.17) is 4.42 Å². The average molecular weight is 264 g/mol. The first-order valence-corrected chi connectivity index (χ1v) is 6.39. The number of aliphatic hydroxyl groups excluding tert-OH is 1. The Labute approximate surface area is 112 Å². The summed E-state index contributed by atoms with van der Waals surface area (Å²) in [4.78, 5) is 13.5. The Morgan fingerprint density at radius 2 is 2.11 bits per heavy atom. The van der Waals surface area contributed by atoms with Crippen LogP contribution in [-0.2, 0) is 7.05 Å². The van der Waals surface area contributed by atoms with E-state index in [-0.39, 0.29) is 18.4 Å². The van der Waals surface area contributed by atoms with Crippen LogP contribution in [0.25, 0.3) is 11.1 Å². The van der Waals surface area contributed by atoms with E-state index in [0.717, 1.165) is 11.2 Å². The quantitative estimate of drug-likeness (QED) is 0.911. The largest absolute Gasteiger partial charge is 0.419 e. The third-order valence-corrected chi connectivity index (χ3v) is 3.64. The molecule has 0 aliphatic heterocycles. The van der Waals surface area contributed by atoms with Gasteiger partial charge in [0.1, 0.15) is 0 Å². The summed E-state index contributed by atoms with van der Waals surface area (Å²) >= 11 is 0. The minimum Gasteiger partial charge on any atom is -0.408 e. The fourth-order valence-corrected chi connectivity index (χ4v) is 2.31. The molecule has 0 bridgehead atoms. The predicted octanol–water partition coefficient (Wildman–Crippen LogP) is 1.58. The van der Waals surface area contributed by atoms with Crippen molar-refractivity contribution in [3.63, 3.8) is 0 Å². The number of hydrogen-bond acceptors (Lipinski definition) is 4. The van der Waals surface area contributed by atoms with Gasteiger partial charge in [0.15, 0.2) is 5.58 Å². The van der Waals surface area contributed by atoms with Crippen LogP contribution in [0.1, 0.15) is 13.8 Å². The van der Waals surface area contributed by atoms with Crippen LogP contribution in [0.4, 0.5) is 5.69 Å². The number of fused-ring (bicyclic) bond motifs is 1. The Morgan fingerprint density at radius 3 is 2.68 bits per heavy atom. The standard InChI is InChI=1S/C14H20N2O3/c1-9(2)12(8-17)15(3)10-5-6-13-11(7-10)16(4)14(18)19-13/h5-7,9,12,17H,8H2,1-4H3. The molecule has 0 spiro atoms. The Hall–Kier alpha value is -1.75. The molecule has 0 aliphatic carbocycles. The van der Waals surface area contributed by atoms with Crippen LogP contribution in [-0.4, -0.2) is 29.4 Å². The van der Waals surface area contributed by atoms with Crippen LogP contribution in [0.15, 0.2) is 27.4 Å². The molecule has 1 unspecified atom stereocenters. The zero-order chi connectivity index (χ0) is 14.2. The first-order valence-electron chi connectivity index (χ1n) is 6.39.